The van der Waals surface area contributed by atoms with Crippen molar-refractivity contribution in [2.24, 2.45) is 0 Å². The summed E-state index contributed by atoms with van der Waals surface area (Å²) in [5.41, 5.74) is 0. The van der Waals surface area contributed by atoms with E-state index in [1.165, 1.54) is 64.2 Å². The molecular formula is C25H49NO4. The van der Waals surface area contributed by atoms with Crippen molar-refractivity contribution in [1.82, 2.24) is 5.32 Å². The first-order valence-electron chi connectivity index (χ1n) is 12.8. The van der Waals surface area contributed by atoms with Crippen LogP contribution < -0.4 is 5.32 Å². The second kappa shape index (κ2) is 22.4. The molecule has 0 aliphatic rings. The van der Waals surface area contributed by atoms with Crippen LogP contribution in [0.3, 0.4) is 0 Å². The summed E-state index contributed by atoms with van der Waals surface area (Å²) in [6.45, 7) is 7.18. The third-order valence-corrected chi connectivity index (χ3v) is 5.40. The van der Waals surface area contributed by atoms with Crippen LogP contribution in [0.2, 0.25) is 0 Å². The molecule has 0 aromatic rings. The topological polar surface area (TPSA) is 64.6 Å². The molecule has 0 saturated carbocycles. The van der Waals surface area contributed by atoms with Gasteiger partial charge < -0.3 is 14.8 Å². The fourth-order valence-electron chi connectivity index (χ4n) is 3.37. The van der Waals surface area contributed by atoms with Crippen molar-refractivity contribution in [2.75, 3.05) is 13.2 Å². The van der Waals surface area contributed by atoms with Gasteiger partial charge in [0, 0.05) is 0 Å². The zero-order chi connectivity index (χ0) is 22.3. The van der Waals surface area contributed by atoms with E-state index in [2.05, 4.69) is 19.2 Å². The maximum Gasteiger partial charge on any atom is 0.407 e. The molecule has 1 amide bonds. The summed E-state index contributed by atoms with van der Waals surface area (Å²) >= 11 is 0. The average Bonchev–Trinajstić information content (AvgIpc) is 2.74. The molecule has 1 N–H and O–H groups in total. The van der Waals surface area contributed by atoms with Crippen LogP contribution in [0.1, 0.15) is 130 Å². The second-order valence-corrected chi connectivity index (χ2v) is 8.39. The number of ether oxygens (including phenoxy) is 2. The lowest BCUT2D eigenvalue weighted by atomic mass is 10.1. The lowest BCUT2D eigenvalue weighted by Crippen LogP contribution is -2.42. The highest BCUT2D eigenvalue weighted by molar-refractivity contribution is 5.81. The second-order valence-electron chi connectivity index (χ2n) is 8.39. The summed E-state index contributed by atoms with van der Waals surface area (Å²) in [7, 11) is 0. The summed E-state index contributed by atoms with van der Waals surface area (Å²) < 4.78 is 10.5. The molecule has 178 valence electrons. The van der Waals surface area contributed by atoms with E-state index in [-0.39, 0.29) is 5.97 Å². The number of hydrogen-bond acceptors (Lipinski definition) is 4. The SMILES string of the molecule is CCCCCCCCCCCCCCOC(=O)C(CCCC)NC(=O)OCCCC. The first-order chi connectivity index (χ1) is 14.7. The molecule has 0 aliphatic heterocycles. The Hall–Kier alpha value is -1.26. The van der Waals surface area contributed by atoms with Gasteiger partial charge in [0.25, 0.3) is 0 Å². The van der Waals surface area contributed by atoms with E-state index >= 15 is 0 Å². The van der Waals surface area contributed by atoms with Gasteiger partial charge in [-0.05, 0) is 19.3 Å². The molecule has 0 aromatic carbocycles. The number of rotatable bonds is 21. The van der Waals surface area contributed by atoms with Crippen LogP contribution in [0.5, 0.6) is 0 Å². The molecular weight excluding hydrogens is 378 g/mol. The maximum atomic E-state index is 12.3. The first-order valence-corrected chi connectivity index (χ1v) is 12.8. The van der Waals surface area contributed by atoms with Crippen LogP contribution in [0.25, 0.3) is 0 Å². The van der Waals surface area contributed by atoms with E-state index in [4.69, 9.17) is 9.47 Å². The highest BCUT2D eigenvalue weighted by Crippen LogP contribution is 2.12. The minimum Gasteiger partial charge on any atom is -0.464 e. The summed E-state index contributed by atoms with van der Waals surface area (Å²) in [6.07, 6.45) is 19.1. The van der Waals surface area contributed by atoms with Gasteiger partial charge in [0.05, 0.1) is 13.2 Å². The molecule has 1 atom stereocenters. The molecule has 0 radical (unpaired) electrons. The van der Waals surface area contributed by atoms with Gasteiger partial charge in [-0.1, -0.05) is 111 Å². The number of unbranched alkanes of at least 4 members (excludes halogenated alkanes) is 13. The number of hydrogen-bond donors (Lipinski definition) is 1. The first kappa shape index (κ1) is 28.7. The normalized spacial score (nSPS) is 11.8. The van der Waals surface area contributed by atoms with Crippen LogP contribution >= 0.6 is 0 Å². The number of carbonyl (C=O) groups excluding carboxylic acids is 2. The van der Waals surface area contributed by atoms with Gasteiger partial charge in [-0.15, -0.1) is 0 Å². The molecule has 0 spiro atoms. The van der Waals surface area contributed by atoms with Gasteiger partial charge in [-0.25, -0.2) is 9.59 Å². The lowest BCUT2D eigenvalue weighted by Gasteiger charge is -2.17. The van der Waals surface area contributed by atoms with Crippen molar-refractivity contribution in [3.8, 4) is 0 Å². The molecule has 0 bridgehead atoms. The average molecular weight is 428 g/mol. The Morgan fingerprint density at radius 2 is 1.07 bits per heavy atom. The quantitative estimate of drug-likeness (QED) is 0.154. The Morgan fingerprint density at radius 1 is 0.600 bits per heavy atom. The third-order valence-electron chi connectivity index (χ3n) is 5.40. The Balaban J connectivity index is 3.76. The van der Waals surface area contributed by atoms with Crippen LogP contribution in [0.4, 0.5) is 4.79 Å². The van der Waals surface area contributed by atoms with Gasteiger partial charge in [0.1, 0.15) is 6.04 Å². The molecule has 5 nitrogen and oxygen atoms in total. The van der Waals surface area contributed by atoms with Gasteiger partial charge in [-0.2, -0.15) is 0 Å². The summed E-state index contributed by atoms with van der Waals surface area (Å²) in [6, 6.07) is -0.601. The zero-order valence-corrected chi connectivity index (χ0v) is 20.1. The van der Waals surface area contributed by atoms with Crippen LogP contribution in [-0.4, -0.2) is 31.3 Å². The Labute approximate surface area is 186 Å². The predicted molar refractivity (Wildman–Crippen MR) is 125 cm³/mol. The molecule has 5 heteroatoms. The molecule has 0 heterocycles. The molecule has 0 rings (SSSR count). The van der Waals surface area contributed by atoms with Gasteiger partial charge in [-0.3, -0.25) is 0 Å². The Morgan fingerprint density at radius 3 is 1.60 bits per heavy atom. The largest absolute Gasteiger partial charge is 0.464 e. The molecule has 30 heavy (non-hydrogen) atoms. The number of esters is 1. The van der Waals surface area contributed by atoms with Crippen LogP contribution in [0.15, 0.2) is 0 Å². The van der Waals surface area contributed by atoms with Crippen molar-refractivity contribution < 1.29 is 19.1 Å². The third kappa shape index (κ3) is 18.7. The van der Waals surface area contributed by atoms with Crippen molar-refractivity contribution in [3.63, 3.8) is 0 Å². The highest BCUT2D eigenvalue weighted by atomic mass is 16.6. The van der Waals surface area contributed by atoms with E-state index in [0.717, 1.165) is 38.5 Å². The van der Waals surface area contributed by atoms with Crippen molar-refractivity contribution in [1.29, 1.82) is 0 Å². The van der Waals surface area contributed by atoms with E-state index in [1.54, 1.807) is 0 Å². The lowest BCUT2D eigenvalue weighted by molar-refractivity contribution is -0.146. The van der Waals surface area contributed by atoms with Gasteiger partial charge in [0.2, 0.25) is 0 Å². The number of alkyl carbamates (subject to hydrolysis) is 1. The zero-order valence-electron chi connectivity index (χ0n) is 20.1. The van der Waals surface area contributed by atoms with Gasteiger partial charge >= 0.3 is 12.1 Å². The van der Waals surface area contributed by atoms with Gasteiger partial charge in [0.15, 0.2) is 0 Å². The minimum atomic E-state index is -0.601. The van der Waals surface area contributed by atoms with E-state index in [9.17, 15) is 9.59 Å². The minimum absolute atomic E-state index is 0.334. The fourth-order valence-corrected chi connectivity index (χ4v) is 3.37. The van der Waals surface area contributed by atoms with Crippen LogP contribution in [-0.2, 0) is 14.3 Å². The van der Waals surface area contributed by atoms with Crippen molar-refractivity contribution in [2.45, 2.75) is 136 Å². The van der Waals surface area contributed by atoms with Crippen molar-refractivity contribution >= 4 is 12.1 Å². The number of carbonyl (C=O) groups is 2. The maximum absolute atomic E-state index is 12.3. The Kier molecular flexibility index (Phi) is 21.5. The summed E-state index contributed by atoms with van der Waals surface area (Å²) in [4.78, 5) is 24.2. The standard InChI is InChI=1S/C25H49NO4/c1-4-7-10-11-12-13-14-15-16-17-18-19-22-29-24(27)23(20-8-5-2)26-25(28)30-21-9-6-3/h23H,4-22H2,1-3H3,(H,26,28). The predicted octanol–water partition coefficient (Wildman–Crippen LogP) is 7.32. The van der Waals surface area contributed by atoms with Crippen molar-refractivity contribution in [3.05, 3.63) is 0 Å². The van der Waals surface area contributed by atoms with E-state index in [0.29, 0.717) is 19.6 Å². The molecule has 1 unspecified atom stereocenters. The van der Waals surface area contributed by atoms with Crippen LogP contribution in [0, 0.1) is 0 Å². The monoisotopic (exact) mass is 427 g/mol. The summed E-state index contributed by atoms with van der Waals surface area (Å²) in [5.74, 6) is -0.334. The molecule has 0 saturated heterocycles. The number of nitrogens with one attached hydrogen (secondary N) is 1. The molecule has 0 aromatic heterocycles. The molecule has 0 fully saturated rings. The van der Waals surface area contributed by atoms with E-state index < -0.39 is 12.1 Å². The smallest absolute Gasteiger partial charge is 0.407 e. The fraction of sp³-hybridized carbons (Fsp3) is 0.920. The molecule has 0 aliphatic carbocycles. The highest BCUT2D eigenvalue weighted by Gasteiger charge is 2.22. The number of amides is 1. The van der Waals surface area contributed by atoms with E-state index in [1.807, 2.05) is 6.92 Å². The Bertz CT molecular complexity index is 401. The summed E-state index contributed by atoms with van der Waals surface area (Å²) in [5, 5.41) is 2.67.